The van der Waals surface area contributed by atoms with Crippen molar-refractivity contribution in [3.8, 4) is 78.7 Å². The molecule has 0 aliphatic rings. The molecule has 10 aromatic carbocycles. The van der Waals surface area contributed by atoms with Crippen LogP contribution < -0.4 is 0 Å². The van der Waals surface area contributed by atoms with E-state index in [1.165, 1.54) is 60.4 Å². The van der Waals surface area contributed by atoms with Gasteiger partial charge in [0.2, 0.25) is 0 Å². The number of hydrogen-bond acceptors (Lipinski definition) is 2. The number of hydrogen-bond donors (Lipinski definition) is 0. The van der Waals surface area contributed by atoms with E-state index in [4.69, 9.17) is 10.1 Å². The average Bonchev–Trinajstić information content (AvgIpc) is 3.97. The summed E-state index contributed by atoms with van der Waals surface area (Å²) < 4.78 is 4.35. The van der Waals surface area contributed by atoms with E-state index in [0.29, 0.717) is 5.82 Å². The van der Waals surface area contributed by atoms with Gasteiger partial charge in [-0.3, -0.25) is 0 Å². The first-order chi connectivity index (χ1) is 31.7. The topological polar surface area (TPSA) is 35.6 Å². The first-order valence-corrected chi connectivity index (χ1v) is 21.7. The molecule has 64 heavy (non-hydrogen) atoms. The lowest BCUT2D eigenvalue weighted by atomic mass is 9.89. The van der Waals surface area contributed by atoms with E-state index in [-0.39, 0.29) is 0 Å². The molecule has 4 heteroatoms. The molecule has 0 amide bonds. The van der Waals surface area contributed by atoms with Crippen LogP contribution in [0.5, 0.6) is 0 Å². The maximum absolute atomic E-state index is 5.16. The lowest BCUT2D eigenvalue weighted by molar-refractivity contribution is 0.891. The van der Waals surface area contributed by atoms with Crippen molar-refractivity contribution in [1.82, 2.24) is 19.3 Å². The summed E-state index contributed by atoms with van der Waals surface area (Å²) in [4.78, 5) is 5.16. The predicted molar refractivity (Wildman–Crippen MR) is 266 cm³/mol. The fourth-order valence-electron chi connectivity index (χ4n) is 9.38. The fourth-order valence-corrected chi connectivity index (χ4v) is 9.38. The highest BCUT2D eigenvalue weighted by molar-refractivity contribution is 6.11. The number of aromatic nitrogens is 4. The van der Waals surface area contributed by atoms with Crippen LogP contribution in [0.2, 0.25) is 0 Å². The highest BCUT2D eigenvalue weighted by Gasteiger charge is 2.19. The van der Waals surface area contributed by atoms with Gasteiger partial charge in [0.05, 0.1) is 16.7 Å². The molecule has 12 aromatic rings. The number of nitrogens with zero attached hydrogens (tertiary/aromatic N) is 4. The number of benzene rings is 10. The molecule has 0 unspecified atom stereocenters. The molecule has 0 spiro atoms. The molecular formula is C60H40N4. The zero-order valence-electron chi connectivity index (χ0n) is 34.9. The zero-order valence-corrected chi connectivity index (χ0v) is 34.9. The van der Waals surface area contributed by atoms with Crippen molar-refractivity contribution < 1.29 is 0 Å². The fraction of sp³-hybridized carbons (Fsp3) is 0. The molecule has 0 fully saturated rings. The summed E-state index contributed by atoms with van der Waals surface area (Å²) in [6.07, 6.45) is 0. The second kappa shape index (κ2) is 15.7. The monoisotopic (exact) mass is 816 g/mol. The normalized spacial score (nSPS) is 11.4. The van der Waals surface area contributed by atoms with Crippen molar-refractivity contribution in [2.45, 2.75) is 0 Å². The third kappa shape index (κ3) is 6.48. The molecule has 300 valence electrons. The molecule has 12 rings (SSSR count). The van der Waals surface area contributed by atoms with Gasteiger partial charge in [-0.2, -0.15) is 0 Å². The summed E-state index contributed by atoms with van der Waals surface area (Å²) in [6.45, 7) is 0. The van der Waals surface area contributed by atoms with Gasteiger partial charge in [0.15, 0.2) is 11.6 Å². The van der Waals surface area contributed by atoms with Crippen molar-refractivity contribution in [2.24, 2.45) is 0 Å². The summed E-state index contributed by atoms with van der Waals surface area (Å²) in [7, 11) is 0. The minimum atomic E-state index is 0.683. The van der Waals surface area contributed by atoms with E-state index in [1.54, 1.807) is 0 Å². The van der Waals surface area contributed by atoms with Gasteiger partial charge in [-0.25, -0.2) is 9.67 Å². The minimum absolute atomic E-state index is 0.683. The Balaban J connectivity index is 0.918. The molecule has 0 radical (unpaired) electrons. The number of fused-ring (bicyclic) bond motifs is 4. The molecule has 0 aliphatic carbocycles. The van der Waals surface area contributed by atoms with Gasteiger partial charge in [-0.05, 0) is 97.7 Å². The van der Waals surface area contributed by atoms with Crippen LogP contribution >= 0.6 is 0 Å². The molecular weight excluding hydrogens is 777 g/mol. The smallest absolute Gasteiger partial charge is 0.182 e. The third-order valence-corrected chi connectivity index (χ3v) is 12.4. The largest absolute Gasteiger partial charge is 0.309 e. The molecule has 0 aliphatic heterocycles. The van der Waals surface area contributed by atoms with E-state index < -0.39 is 0 Å². The highest BCUT2D eigenvalue weighted by Crippen LogP contribution is 2.41. The van der Waals surface area contributed by atoms with E-state index in [2.05, 4.69) is 229 Å². The standard InChI is InChI=1S/C60H40N4/c1-3-17-44(18-4-1)59-61-60(45-32-30-42(31-33-45)50-28-15-19-41-16-7-8-22-49(41)50)64(62-59)48-37-34-43(35-38-48)51-23-9-11-25-53(51)54-26-12-10-24-52(54)46-36-39-58-56(40-46)55-27-13-14-29-57(55)63(58)47-20-5-2-6-21-47/h1-40H. The second-order valence-corrected chi connectivity index (χ2v) is 16.2. The molecule has 0 saturated heterocycles. The van der Waals surface area contributed by atoms with E-state index in [1.807, 2.05) is 22.9 Å². The maximum Gasteiger partial charge on any atom is 0.182 e. The minimum Gasteiger partial charge on any atom is -0.309 e. The Hall–Kier alpha value is -8.60. The van der Waals surface area contributed by atoms with Crippen LogP contribution in [0.4, 0.5) is 0 Å². The Morgan fingerprint density at radius 3 is 1.56 bits per heavy atom. The van der Waals surface area contributed by atoms with Gasteiger partial charge in [0, 0.05) is 27.6 Å². The molecule has 0 atom stereocenters. The average molecular weight is 817 g/mol. The van der Waals surface area contributed by atoms with Gasteiger partial charge in [0.25, 0.3) is 0 Å². The van der Waals surface area contributed by atoms with Crippen molar-refractivity contribution in [3.05, 3.63) is 243 Å². The molecule has 0 N–H and O–H groups in total. The van der Waals surface area contributed by atoms with E-state index in [9.17, 15) is 0 Å². The molecule has 2 aromatic heterocycles. The van der Waals surface area contributed by atoms with E-state index >= 15 is 0 Å². The van der Waals surface area contributed by atoms with Crippen LogP contribution in [-0.4, -0.2) is 19.3 Å². The highest BCUT2D eigenvalue weighted by atomic mass is 15.4. The van der Waals surface area contributed by atoms with Crippen LogP contribution in [0, 0.1) is 0 Å². The third-order valence-electron chi connectivity index (χ3n) is 12.4. The van der Waals surface area contributed by atoms with Gasteiger partial charge < -0.3 is 4.57 Å². The van der Waals surface area contributed by atoms with Crippen molar-refractivity contribution in [1.29, 1.82) is 0 Å². The first-order valence-electron chi connectivity index (χ1n) is 21.7. The molecule has 4 nitrogen and oxygen atoms in total. The SMILES string of the molecule is c1ccc(-c2nc(-c3ccc(-c4cccc5ccccc45)cc3)n(-c3ccc(-c4ccccc4-c4ccccc4-c4ccc5c(c4)c4ccccc4n5-c4ccccc4)cc3)n2)cc1. The number of rotatable bonds is 8. The van der Waals surface area contributed by atoms with Crippen molar-refractivity contribution >= 4 is 32.6 Å². The van der Waals surface area contributed by atoms with E-state index in [0.717, 1.165) is 45.0 Å². The summed E-state index contributed by atoms with van der Waals surface area (Å²) in [5, 5.41) is 10.1. The van der Waals surface area contributed by atoms with Gasteiger partial charge in [-0.15, -0.1) is 5.10 Å². The quantitative estimate of drug-likeness (QED) is 0.153. The summed E-state index contributed by atoms with van der Waals surface area (Å²) in [5.74, 6) is 1.47. The lowest BCUT2D eigenvalue weighted by Gasteiger charge is -2.15. The zero-order chi connectivity index (χ0) is 42.4. The molecule has 2 heterocycles. The summed E-state index contributed by atoms with van der Waals surface area (Å²) in [5.41, 5.74) is 15.9. The summed E-state index contributed by atoms with van der Waals surface area (Å²) in [6, 6.07) is 86.4. The van der Waals surface area contributed by atoms with Crippen LogP contribution in [0.15, 0.2) is 243 Å². The van der Waals surface area contributed by atoms with Crippen LogP contribution in [-0.2, 0) is 0 Å². The van der Waals surface area contributed by atoms with Crippen molar-refractivity contribution in [3.63, 3.8) is 0 Å². The lowest BCUT2D eigenvalue weighted by Crippen LogP contribution is -2.00. The summed E-state index contributed by atoms with van der Waals surface area (Å²) >= 11 is 0. The Bertz CT molecular complexity index is 3630. The Labute approximate surface area is 371 Å². The Morgan fingerprint density at radius 1 is 0.297 bits per heavy atom. The van der Waals surface area contributed by atoms with Crippen LogP contribution in [0.3, 0.4) is 0 Å². The Kier molecular flexibility index (Phi) is 9.12. The van der Waals surface area contributed by atoms with Gasteiger partial charge in [0.1, 0.15) is 0 Å². The van der Waals surface area contributed by atoms with Crippen molar-refractivity contribution in [2.75, 3.05) is 0 Å². The maximum atomic E-state index is 5.16. The molecule has 0 saturated carbocycles. The molecule has 0 bridgehead atoms. The van der Waals surface area contributed by atoms with Gasteiger partial charge in [-0.1, -0.05) is 200 Å². The van der Waals surface area contributed by atoms with Crippen LogP contribution in [0.1, 0.15) is 0 Å². The first kappa shape index (κ1) is 37.2. The predicted octanol–water partition coefficient (Wildman–Crippen LogP) is 15.5. The number of para-hydroxylation sites is 2. The van der Waals surface area contributed by atoms with Gasteiger partial charge >= 0.3 is 0 Å². The van der Waals surface area contributed by atoms with Crippen LogP contribution in [0.25, 0.3) is 111 Å². The Morgan fingerprint density at radius 2 is 0.812 bits per heavy atom. The second-order valence-electron chi connectivity index (χ2n) is 16.2.